The smallest absolute Gasteiger partial charge is 0.275 e. The summed E-state index contributed by atoms with van der Waals surface area (Å²) in [6, 6.07) is 10.7. The molecule has 112 valence electrons. The summed E-state index contributed by atoms with van der Waals surface area (Å²) in [7, 11) is 1.53. The molecule has 3 aromatic rings. The summed E-state index contributed by atoms with van der Waals surface area (Å²) in [6.45, 7) is 1.95. The van der Waals surface area contributed by atoms with Crippen LogP contribution in [0, 0.1) is 6.92 Å². The van der Waals surface area contributed by atoms with Gasteiger partial charge in [0.25, 0.3) is 5.91 Å². The number of carbonyl (C=O) groups is 1. The molecule has 0 saturated carbocycles. The van der Waals surface area contributed by atoms with Crippen molar-refractivity contribution in [3.05, 3.63) is 59.0 Å². The van der Waals surface area contributed by atoms with Crippen LogP contribution in [0.1, 0.15) is 16.2 Å². The van der Waals surface area contributed by atoms with Gasteiger partial charge in [-0.3, -0.25) is 4.79 Å². The number of pyridine rings is 1. The monoisotopic (exact) mass is 315 g/mol. The first-order valence-electron chi connectivity index (χ1n) is 6.68. The fraction of sp³-hybridized carbons (Fsp3) is 0.125. The van der Waals surface area contributed by atoms with Gasteiger partial charge in [-0.1, -0.05) is 17.7 Å². The Balaban J connectivity index is 1.93. The minimum absolute atomic E-state index is 0.316. The highest BCUT2D eigenvalue weighted by atomic mass is 35.5. The van der Waals surface area contributed by atoms with Crippen LogP contribution in [0.3, 0.4) is 0 Å². The van der Waals surface area contributed by atoms with E-state index in [0.717, 1.165) is 11.3 Å². The highest BCUT2D eigenvalue weighted by Gasteiger charge is 2.14. The summed E-state index contributed by atoms with van der Waals surface area (Å²) in [5, 5.41) is 3.29. The Kier molecular flexibility index (Phi) is 3.73. The molecule has 1 amide bonds. The molecule has 0 radical (unpaired) electrons. The van der Waals surface area contributed by atoms with Crippen molar-refractivity contribution in [1.82, 2.24) is 9.38 Å². The predicted octanol–water partition coefficient (Wildman–Crippen LogP) is 3.56. The molecule has 0 aliphatic carbocycles. The van der Waals surface area contributed by atoms with Gasteiger partial charge in [0.05, 0.1) is 12.8 Å². The zero-order chi connectivity index (χ0) is 15.7. The number of nitrogens with one attached hydrogen (secondary N) is 1. The first-order chi connectivity index (χ1) is 10.6. The van der Waals surface area contributed by atoms with E-state index in [4.69, 9.17) is 16.3 Å². The number of imidazole rings is 1. The maximum atomic E-state index is 12.4. The minimum Gasteiger partial charge on any atom is -0.495 e. The van der Waals surface area contributed by atoms with E-state index in [2.05, 4.69) is 10.3 Å². The molecule has 1 N–H and O–H groups in total. The molecule has 0 aliphatic heterocycles. The number of anilines is 1. The van der Waals surface area contributed by atoms with Gasteiger partial charge in [0.15, 0.2) is 0 Å². The van der Waals surface area contributed by atoms with Crippen molar-refractivity contribution in [2.75, 3.05) is 12.4 Å². The zero-order valence-corrected chi connectivity index (χ0v) is 12.9. The van der Waals surface area contributed by atoms with E-state index in [-0.39, 0.29) is 5.91 Å². The van der Waals surface area contributed by atoms with Gasteiger partial charge in [-0.2, -0.15) is 0 Å². The Hall–Kier alpha value is -2.53. The third-order valence-electron chi connectivity index (χ3n) is 3.34. The van der Waals surface area contributed by atoms with Crippen molar-refractivity contribution >= 4 is 28.8 Å². The maximum absolute atomic E-state index is 12.4. The summed E-state index contributed by atoms with van der Waals surface area (Å²) >= 11 is 5.96. The van der Waals surface area contributed by atoms with E-state index in [0.29, 0.717) is 22.2 Å². The van der Waals surface area contributed by atoms with Gasteiger partial charge >= 0.3 is 0 Å². The number of methoxy groups -OCH3 is 1. The molecule has 0 aliphatic rings. The highest BCUT2D eigenvalue weighted by molar-refractivity contribution is 6.31. The number of hydrogen-bond donors (Lipinski definition) is 1. The number of aryl methyl sites for hydroxylation is 1. The molecule has 0 unspecified atom stereocenters. The molecule has 1 aromatic carbocycles. The van der Waals surface area contributed by atoms with E-state index in [1.807, 2.05) is 29.5 Å². The first kappa shape index (κ1) is 14.4. The quantitative estimate of drug-likeness (QED) is 0.804. The van der Waals surface area contributed by atoms with E-state index < -0.39 is 0 Å². The van der Waals surface area contributed by atoms with Gasteiger partial charge in [-0.15, -0.1) is 0 Å². The number of ether oxygens (including phenoxy) is 1. The van der Waals surface area contributed by atoms with Gasteiger partial charge in [-0.05, 0) is 37.3 Å². The van der Waals surface area contributed by atoms with Crippen molar-refractivity contribution in [2.24, 2.45) is 0 Å². The Morgan fingerprint density at radius 3 is 2.86 bits per heavy atom. The molecule has 0 bridgehead atoms. The molecule has 2 heterocycles. The first-order valence-corrected chi connectivity index (χ1v) is 7.06. The fourth-order valence-corrected chi connectivity index (χ4v) is 2.39. The number of aromatic nitrogens is 2. The molecule has 0 atom stereocenters. The third-order valence-corrected chi connectivity index (χ3v) is 3.57. The zero-order valence-electron chi connectivity index (χ0n) is 12.1. The van der Waals surface area contributed by atoms with Crippen LogP contribution in [0.25, 0.3) is 5.65 Å². The summed E-state index contributed by atoms with van der Waals surface area (Å²) in [5.74, 6) is 0.223. The van der Waals surface area contributed by atoms with Crippen LogP contribution in [0.15, 0.2) is 42.6 Å². The summed E-state index contributed by atoms with van der Waals surface area (Å²) in [6.07, 6.45) is 1.71. The summed E-state index contributed by atoms with van der Waals surface area (Å²) in [5.41, 5.74) is 2.57. The standard InChI is InChI=1S/C16H14ClN3O2/c1-10-4-3-5-15-18-13(9-20(10)15)16(21)19-12-8-11(17)6-7-14(12)22-2/h3-9H,1-2H3,(H,19,21). The van der Waals surface area contributed by atoms with Crippen LogP contribution < -0.4 is 10.1 Å². The van der Waals surface area contributed by atoms with Gasteiger partial charge in [0, 0.05) is 16.9 Å². The topological polar surface area (TPSA) is 55.6 Å². The molecule has 0 saturated heterocycles. The van der Waals surface area contributed by atoms with E-state index in [1.165, 1.54) is 7.11 Å². The van der Waals surface area contributed by atoms with Gasteiger partial charge in [-0.25, -0.2) is 4.98 Å². The van der Waals surface area contributed by atoms with Crippen LogP contribution in [-0.2, 0) is 0 Å². The second kappa shape index (κ2) is 5.69. The fourth-order valence-electron chi connectivity index (χ4n) is 2.22. The van der Waals surface area contributed by atoms with Crippen molar-refractivity contribution < 1.29 is 9.53 Å². The number of fused-ring (bicyclic) bond motifs is 1. The molecular weight excluding hydrogens is 302 g/mol. The van der Waals surface area contributed by atoms with E-state index in [9.17, 15) is 4.79 Å². The van der Waals surface area contributed by atoms with Crippen molar-refractivity contribution in [3.8, 4) is 5.75 Å². The van der Waals surface area contributed by atoms with Crippen LogP contribution >= 0.6 is 11.6 Å². The van der Waals surface area contributed by atoms with Crippen LogP contribution in [0.5, 0.6) is 5.75 Å². The summed E-state index contributed by atoms with van der Waals surface area (Å²) in [4.78, 5) is 16.7. The van der Waals surface area contributed by atoms with Crippen molar-refractivity contribution in [2.45, 2.75) is 6.92 Å². The Labute approximate surface area is 132 Å². The molecule has 3 rings (SSSR count). The van der Waals surface area contributed by atoms with E-state index >= 15 is 0 Å². The Morgan fingerprint density at radius 2 is 2.14 bits per heavy atom. The lowest BCUT2D eigenvalue weighted by molar-refractivity contribution is 0.102. The Morgan fingerprint density at radius 1 is 1.32 bits per heavy atom. The normalized spacial score (nSPS) is 10.7. The number of halogens is 1. The van der Waals surface area contributed by atoms with Crippen LogP contribution in [-0.4, -0.2) is 22.4 Å². The average molecular weight is 316 g/mol. The SMILES string of the molecule is COc1ccc(Cl)cc1NC(=O)c1cn2c(C)cccc2n1. The van der Waals surface area contributed by atoms with Gasteiger partial charge < -0.3 is 14.5 Å². The predicted molar refractivity (Wildman–Crippen MR) is 85.9 cm³/mol. The maximum Gasteiger partial charge on any atom is 0.275 e. The second-order valence-electron chi connectivity index (χ2n) is 4.82. The molecule has 2 aromatic heterocycles. The van der Waals surface area contributed by atoms with Crippen molar-refractivity contribution in [1.29, 1.82) is 0 Å². The molecule has 0 spiro atoms. The molecular formula is C16H14ClN3O2. The minimum atomic E-state index is -0.316. The molecule has 0 fully saturated rings. The lowest BCUT2D eigenvalue weighted by atomic mass is 10.3. The van der Waals surface area contributed by atoms with E-state index in [1.54, 1.807) is 24.4 Å². The van der Waals surface area contributed by atoms with Gasteiger partial charge in [0.1, 0.15) is 17.1 Å². The van der Waals surface area contributed by atoms with Gasteiger partial charge in [0.2, 0.25) is 0 Å². The largest absolute Gasteiger partial charge is 0.495 e. The molecule has 5 nitrogen and oxygen atoms in total. The Bertz CT molecular complexity index is 858. The number of rotatable bonds is 3. The lowest BCUT2D eigenvalue weighted by Crippen LogP contribution is -2.13. The number of carbonyl (C=O) groups excluding carboxylic acids is 1. The lowest BCUT2D eigenvalue weighted by Gasteiger charge is -2.09. The van der Waals surface area contributed by atoms with Crippen LogP contribution in [0.4, 0.5) is 5.69 Å². The second-order valence-corrected chi connectivity index (χ2v) is 5.26. The highest BCUT2D eigenvalue weighted by Crippen LogP contribution is 2.28. The number of benzene rings is 1. The average Bonchev–Trinajstić information content (AvgIpc) is 2.93. The molecule has 6 heteroatoms. The molecule has 22 heavy (non-hydrogen) atoms. The van der Waals surface area contributed by atoms with Crippen LogP contribution in [0.2, 0.25) is 5.02 Å². The third kappa shape index (κ3) is 2.63. The summed E-state index contributed by atoms with van der Waals surface area (Å²) < 4.78 is 7.08. The number of nitrogens with zero attached hydrogens (tertiary/aromatic N) is 2. The number of amides is 1. The number of hydrogen-bond acceptors (Lipinski definition) is 3. The van der Waals surface area contributed by atoms with Crippen molar-refractivity contribution in [3.63, 3.8) is 0 Å².